The SMILES string of the molecule is O=C(NCCCc1ccc(Cn2cnc3ccccc3c2=O)o1)OCc1ccccc1. The standard InChI is InChI=1S/C24H23N3O4/c28-23-21-10-4-5-11-22(21)26-17-27(23)15-20-13-12-19(31-20)9-6-14-25-24(29)30-16-18-7-2-1-3-8-18/h1-5,7-8,10-13,17H,6,9,14-16H2,(H,25,29). The molecule has 4 aromatic rings. The normalized spacial score (nSPS) is 10.8. The lowest BCUT2D eigenvalue weighted by Crippen LogP contribution is -2.25. The van der Waals surface area contributed by atoms with Crippen molar-refractivity contribution in [2.45, 2.75) is 26.0 Å². The molecule has 7 nitrogen and oxygen atoms in total. The zero-order valence-corrected chi connectivity index (χ0v) is 17.0. The van der Waals surface area contributed by atoms with Crippen LogP contribution >= 0.6 is 0 Å². The molecule has 7 heteroatoms. The second-order valence-electron chi connectivity index (χ2n) is 7.15. The first-order valence-electron chi connectivity index (χ1n) is 10.2. The Kier molecular flexibility index (Phi) is 6.42. The minimum atomic E-state index is -0.438. The highest BCUT2D eigenvalue weighted by Crippen LogP contribution is 2.12. The van der Waals surface area contributed by atoms with Crippen LogP contribution in [0.25, 0.3) is 10.9 Å². The number of amides is 1. The van der Waals surface area contributed by atoms with Gasteiger partial charge in [0.1, 0.15) is 18.1 Å². The molecule has 2 aromatic carbocycles. The number of nitrogens with one attached hydrogen (secondary N) is 1. The number of ether oxygens (including phenoxy) is 1. The van der Waals surface area contributed by atoms with E-state index in [1.165, 1.54) is 10.9 Å². The summed E-state index contributed by atoms with van der Waals surface area (Å²) in [7, 11) is 0. The molecule has 0 radical (unpaired) electrons. The quantitative estimate of drug-likeness (QED) is 0.440. The lowest BCUT2D eigenvalue weighted by atomic mass is 10.2. The molecule has 158 valence electrons. The van der Waals surface area contributed by atoms with Crippen LogP contribution in [0.2, 0.25) is 0 Å². The van der Waals surface area contributed by atoms with E-state index in [1.807, 2.05) is 60.7 Å². The van der Waals surface area contributed by atoms with Crippen molar-refractivity contribution in [2.24, 2.45) is 0 Å². The number of carbonyl (C=O) groups is 1. The van der Waals surface area contributed by atoms with Gasteiger partial charge in [0.2, 0.25) is 0 Å². The van der Waals surface area contributed by atoms with E-state index < -0.39 is 6.09 Å². The van der Waals surface area contributed by atoms with Gasteiger partial charge >= 0.3 is 6.09 Å². The van der Waals surface area contributed by atoms with Gasteiger partial charge in [0.05, 0.1) is 23.8 Å². The number of benzene rings is 2. The molecule has 2 aromatic heterocycles. The van der Waals surface area contributed by atoms with Gasteiger partial charge in [-0.05, 0) is 36.2 Å². The molecular weight excluding hydrogens is 394 g/mol. The van der Waals surface area contributed by atoms with Crippen molar-refractivity contribution in [1.29, 1.82) is 0 Å². The van der Waals surface area contributed by atoms with Gasteiger partial charge in [0, 0.05) is 13.0 Å². The zero-order chi connectivity index (χ0) is 21.5. The Balaban J connectivity index is 1.23. The third kappa shape index (κ3) is 5.39. The molecule has 0 saturated heterocycles. The molecule has 1 N–H and O–H groups in total. The van der Waals surface area contributed by atoms with Crippen LogP contribution in [0.5, 0.6) is 0 Å². The van der Waals surface area contributed by atoms with Gasteiger partial charge in [-0.3, -0.25) is 9.36 Å². The summed E-state index contributed by atoms with van der Waals surface area (Å²) < 4.78 is 12.6. The number of aryl methyl sites for hydroxylation is 1. The second-order valence-corrected chi connectivity index (χ2v) is 7.15. The van der Waals surface area contributed by atoms with Gasteiger partial charge in [-0.1, -0.05) is 42.5 Å². The topological polar surface area (TPSA) is 86.4 Å². The lowest BCUT2D eigenvalue weighted by molar-refractivity contribution is 0.139. The Bertz CT molecular complexity index is 1210. The third-order valence-electron chi connectivity index (χ3n) is 4.86. The summed E-state index contributed by atoms with van der Waals surface area (Å²) >= 11 is 0. The van der Waals surface area contributed by atoms with E-state index in [-0.39, 0.29) is 12.2 Å². The number of rotatable bonds is 8. The van der Waals surface area contributed by atoms with Crippen molar-refractivity contribution in [2.75, 3.05) is 6.54 Å². The molecule has 1 amide bonds. The number of para-hydroxylation sites is 1. The summed E-state index contributed by atoms with van der Waals surface area (Å²) in [6, 6.07) is 20.6. The molecule has 2 heterocycles. The molecule has 0 aliphatic heterocycles. The molecule has 0 spiro atoms. The van der Waals surface area contributed by atoms with E-state index in [2.05, 4.69) is 10.3 Å². The first-order chi connectivity index (χ1) is 15.2. The van der Waals surface area contributed by atoms with E-state index in [0.29, 0.717) is 42.6 Å². The van der Waals surface area contributed by atoms with Crippen molar-refractivity contribution >= 4 is 17.0 Å². The lowest BCUT2D eigenvalue weighted by Gasteiger charge is -2.06. The van der Waals surface area contributed by atoms with Crippen LogP contribution < -0.4 is 10.9 Å². The van der Waals surface area contributed by atoms with Crippen molar-refractivity contribution in [3.8, 4) is 0 Å². The number of fused-ring (bicyclic) bond motifs is 1. The van der Waals surface area contributed by atoms with E-state index in [9.17, 15) is 9.59 Å². The molecule has 31 heavy (non-hydrogen) atoms. The molecule has 0 bridgehead atoms. The number of hydrogen-bond donors (Lipinski definition) is 1. The maximum Gasteiger partial charge on any atom is 0.407 e. The van der Waals surface area contributed by atoms with Crippen molar-refractivity contribution in [1.82, 2.24) is 14.9 Å². The van der Waals surface area contributed by atoms with Crippen molar-refractivity contribution in [3.05, 3.63) is 100 Å². The number of nitrogens with zero attached hydrogens (tertiary/aromatic N) is 2. The van der Waals surface area contributed by atoms with Crippen LogP contribution in [0, 0.1) is 0 Å². The molecule has 0 unspecified atom stereocenters. The van der Waals surface area contributed by atoms with Gasteiger partial charge < -0.3 is 14.5 Å². The smallest absolute Gasteiger partial charge is 0.407 e. The van der Waals surface area contributed by atoms with Crippen LogP contribution in [0.15, 0.2) is 82.3 Å². The first-order valence-corrected chi connectivity index (χ1v) is 10.2. The fraction of sp³-hybridized carbons (Fsp3) is 0.208. The fourth-order valence-electron chi connectivity index (χ4n) is 3.26. The predicted molar refractivity (Wildman–Crippen MR) is 117 cm³/mol. The monoisotopic (exact) mass is 417 g/mol. The number of carbonyl (C=O) groups excluding carboxylic acids is 1. The Morgan fingerprint density at radius 3 is 2.65 bits per heavy atom. The van der Waals surface area contributed by atoms with Gasteiger partial charge in [-0.15, -0.1) is 0 Å². The molecular formula is C24H23N3O4. The largest absolute Gasteiger partial charge is 0.464 e. The number of aromatic nitrogens is 2. The maximum absolute atomic E-state index is 12.6. The van der Waals surface area contributed by atoms with Gasteiger partial charge in [-0.25, -0.2) is 9.78 Å². The fourth-order valence-corrected chi connectivity index (χ4v) is 3.26. The summed E-state index contributed by atoms with van der Waals surface area (Å²) in [4.78, 5) is 28.7. The summed E-state index contributed by atoms with van der Waals surface area (Å²) in [6.45, 7) is 1.05. The summed E-state index contributed by atoms with van der Waals surface area (Å²) in [5.41, 5.74) is 1.53. The first kappa shape index (κ1) is 20.4. The molecule has 0 saturated carbocycles. The number of alkyl carbamates (subject to hydrolysis) is 1. The highest BCUT2D eigenvalue weighted by molar-refractivity contribution is 5.76. The zero-order valence-electron chi connectivity index (χ0n) is 17.0. The van der Waals surface area contributed by atoms with Crippen molar-refractivity contribution in [3.63, 3.8) is 0 Å². The van der Waals surface area contributed by atoms with E-state index in [4.69, 9.17) is 9.15 Å². The van der Waals surface area contributed by atoms with Crippen LogP contribution in [-0.2, 0) is 24.3 Å². The van der Waals surface area contributed by atoms with E-state index in [0.717, 1.165) is 11.3 Å². The highest BCUT2D eigenvalue weighted by atomic mass is 16.5. The molecule has 0 aliphatic rings. The van der Waals surface area contributed by atoms with Crippen molar-refractivity contribution < 1.29 is 13.9 Å². The molecule has 0 fully saturated rings. The predicted octanol–water partition coefficient (Wildman–Crippen LogP) is 3.90. The Morgan fingerprint density at radius 1 is 1.00 bits per heavy atom. The average Bonchev–Trinajstić information content (AvgIpc) is 3.25. The third-order valence-corrected chi connectivity index (χ3v) is 4.86. The van der Waals surface area contributed by atoms with E-state index in [1.54, 1.807) is 6.07 Å². The minimum Gasteiger partial charge on any atom is -0.464 e. The van der Waals surface area contributed by atoms with Crippen LogP contribution in [0.3, 0.4) is 0 Å². The van der Waals surface area contributed by atoms with E-state index >= 15 is 0 Å². The Morgan fingerprint density at radius 2 is 1.77 bits per heavy atom. The van der Waals surface area contributed by atoms with Crippen LogP contribution in [-0.4, -0.2) is 22.2 Å². The summed E-state index contributed by atoms with van der Waals surface area (Å²) in [5, 5.41) is 3.32. The highest BCUT2D eigenvalue weighted by Gasteiger charge is 2.08. The van der Waals surface area contributed by atoms with Crippen LogP contribution in [0.1, 0.15) is 23.5 Å². The number of hydrogen-bond acceptors (Lipinski definition) is 5. The second kappa shape index (κ2) is 9.75. The Labute approximate surface area is 179 Å². The summed E-state index contributed by atoms with van der Waals surface area (Å²) in [5.74, 6) is 1.49. The molecule has 4 rings (SSSR count). The number of furan rings is 1. The summed E-state index contributed by atoms with van der Waals surface area (Å²) in [6.07, 6.45) is 2.49. The average molecular weight is 417 g/mol. The maximum atomic E-state index is 12.6. The minimum absolute atomic E-state index is 0.0956. The molecule has 0 aliphatic carbocycles. The van der Waals surface area contributed by atoms with Gasteiger partial charge in [-0.2, -0.15) is 0 Å². The van der Waals surface area contributed by atoms with Crippen LogP contribution in [0.4, 0.5) is 4.79 Å². The van der Waals surface area contributed by atoms with Gasteiger partial charge in [0.25, 0.3) is 5.56 Å². The Hall–Kier alpha value is -3.87. The van der Waals surface area contributed by atoms with Gasteiger partial charge in [0.15, 0.2) is 0 Å². The molecule has 0 atom stereocenters.